The van der Waals surface area contributed by atoms with E-state index in [1.807, 2.05) is 67.6 Å². The number of anilines is 2. The molecule has 0 aliphatic carbocycles. The van der Waals surface area contributed by atoms with Crippen LogP contribution >= 0.6 is 0 Å². The molecular weight excluding hydrogens is 476 g/mol. The third kappa shape index (κ3) is 4.18. The van der Waals surface area contributed by atoms with Crippen LogP contribution in [0.3, 0.4) is 0 Å². The van der Waals surface area contributed by atoms with Crippen LogP contribution in [0.25, 0.3) is 16.5 Å². The number of benzene rings is 4. The third-order valence-corrected chi connectivity index (χ3v) is 7.22. The average Bonchev–Trinajstić information content (AvgIpc) is 3.20. The first-order valence-electron chi connectivity index (χ1n) is 12.8. The SMILES string of the molecule is CCN(CC)c1ccc(C2/C(=C(/O)c3cccc4ccccc34)C(=O)C(=O)N2c2cc(C)ccc2O)cc1. The van der Waals surface area contributed by atoms with Gasteiger partial charge >= 0.3 is 0 Å². The fourth-order valence-electron chi connectivity index (χ4n) is 5.26. The topological polar surface area (TPSA) is 81.1 Å². The molecule has 4 aromatic carbocycles. The Labute approximate surface area is 222 Å². The van der Waals surface area contributed by atoms with Gasteiger partial charge < -0.3 is 15.1 Å². The summed E-state index contributed by atoms with van der Waals surface area (Å²) in [5, 5.41) is 24.1. The number of aliphatic hydroxyl groups excluding tert-OH is 1. The Hall–Kier alpha value is -4.58. The number of Topliss-reactive ketones (excluding diaryl/α,β-unsaturated/α-hetero) is 1. The van der Waals surface area contributed by atoms with E-state index in [1.54, 1.807) is 18.2 Å². The van der Waals surface area contributed by atoms with E-state index in [2.05, 4.69) is 18.7 Å². The van der Waals surface area contributed by atoms with Gasteiger partial charge in [0.25, 0.3) is 11.7 Å². The number of ketones is 1. The summed E-state index contributed by atoms with van der Waals surface area (Å²) >= 11 is 0. The van der Waals surface area contributed by atoms with Crippen molar-refractivity contribution in [2.45, 2.75) is 26.8 Å². The van der Waals surface area contributed by atoms with Crippen molar-refractivity contribution in [3.63, 3.8) is 0 Å². The zero-order valence-electron chi connectivity index (χ0n) is 21.7. The molecule has 5 rings (SSSR count). The number of hydrogen-bond acceptors (Lipinski definition) is 5. The molecule has 38 heavy (non-hydrogen) atoms. The second kappa shape index (κ2) is 10.1. The molecule has 0 radical (unpaired) electrons. The van der Waals surface area contributed by atoms with Crippen LogP contribution < -0.4 is 9.80 Å². The standard InChI is InChI=1S/C32H30N2O4/c1-4-33(5-2)23-16-14-22(15-17-23)29-28(30(36)25-12-8-10-21-9-6-7-11-24(21)25)31(37)32(38)34(29)26-19-20(3)13-18-27(26)35/h6-19,29,35-36H,4-5H2,1-3H3/b30-28-. The molecule has 1 heterocycles. The summed E-state index contributed by atoms with van der Waals surface area (Å²) in [5.74, 6) is -1.96. The fourth-order valence-corrected chi connectivity index (χ4v) is 5.26. The van der Waals surface area contributed by atoms with Gasteiger partial charge in [-0.3, -0.25) is 14.5 Å². The number of carbonyl (C=O) groups is 2. The van der Waals surface area contributed by atoms with Gasteiger partial charge in [-0.1, -0.05) is 60.7 Å². The number of rotatable bonds is 6. The molecule has 0 aromatic heterocycles. The van der Waals surface area contributed by atoms with E-state index in [0.29, 0.717) is 11.1 Å². The van der Waals surface area contributed by atoms with E-state index in [9.17, 15) is 19.8 Å². The average molecular weight is 507 g/mol. The molecule has 1 aliphatic heterocycles. The molecule has 4 aromatic rings. The lowest BCUT2D eigenvalue weighted by atomic mass is 9.93. The van der Waals surface area contributed by atoms with Crippen molar-refractivity contribution in [1.82, 2.24) is 0 Å². The summed E-state index contributed by atoms with van der Waals surface area (Å²) in [6.45, 7) is 7.69. The van der Waals surface area contributed by atoms with Gasteiger partial charge in [0, 0.05) is 24.3 Å². The molecule has 1 saturated heterocycles. The van der Waals surface area contributed by atoms with E-state index in [4.69, 9.17) is 0 Å². The lowest BCUT2D eigenvalue weighted by Gasteiger charge is -2.27. The van der Waals surface area contributed by atoms with Crippen LogP contribution in [0, 0.1) is 6.92 Å². The van der Waals surface area contributed by atoms with Crippen molar-refractivity contribution >= 4 is 39.6 Å². The Morgan fingerprint density at radius 2 is 1.58 bits per heavy atom. The summed E-state index contributed by atoms with van der Waals surface area (Å²) in [6.07, 6.45) is 0. The van der Waals surface area contributed by atoms with Gasteiger partial charge in [-0.2, -0.15) is 0 Å². The molecule has 0 saturated carbocycles. The summed E-state index contributed by atoms with van der Waals surface area (Å²) in [5.41, 5.74) is 3.18. The molecule has 1 aliphatic rings. The van der Waals surface area contributed by atoms with Crippen LogP contribution in [0.4, 0.5) is 11.4 Å². The van der Waals surface area contributed by atoms with Crippen LogP contribution in [0.1, 0.15) is 36.6 Å². The van der Waals surface area contributed by atoms with Crippen LogP contribution in [-0.4, -0.2) is 35.0 Å². The monoisotopic (exact) mass is 506 g/mol. The van der Waals surface area contributed by atoms with Gasteiger partial charge in [-0.25, -0.2) is 0 Å². The summed E-state index contributed by atoms with van der Waals surface area (Å²) < 4.78 is 0. The number of aryl methyl sites for hydroxylation is 1. The summed E-state index contributed by atoms with van der Waals surface area (Å²) in [6, 6.07) is 24.7. The van der Waals surface area contributed by atoms with E-state index < -0.39 is 17.7 Å². The van der Waals surface area contributed by atoms with Gasteiger partial charge in [0.1, 0.15) is 11.5 Å². The Balaban J connectivity index is 1.75. The molecule has 6 heteroatoms. The number of aromatic hydroxyl groups is 1. The fraction of sp³-hybridized carbons (Fsp3) is 0.188. The van der Waals surface area contributed by atoms with Gasteiger partial charge in [0.2, 0.25) is 0 Å². The van der Waals surface area contributed by atoms with Crippen molar-refractivity contribution in [2.24, 2.45) is 0 Å². The van der Waals surface area contributed by atoms with Gasteiger partial charge in [-0.15, -0.1) is 0 Å². The molecule has 1 atom stereocenters. The number of amides is 1. The molecule has 192 valence electrons. The molecule has 0 spiro atoms. The molecule has 0 bridgehead atoms. The first kappa shape index (κ1) is 25.1. The van der Waals surface area contributed by atoms with E-state index >= 15 is 0 Å². The number of nitrogens with zero attached hydrogens (tertiary/aromatic N) is 2. The van der Waals surface area contributed by atoms with Crippen LogP contribution in [-0.2, 0) is 9.59 Å². The van der Waals surface area contributed by atoms with Crippen LogP contribution in [0.5, 0.6) is 5.75 Å². The minimum Gasteiger partial charge on any atom is -0.507 e. The number of phenolic OH excluding ortho intramolecular Hbond substituents is 1. The van der Waals surface area contributed by atoms with Gasteiger partial charge in [-0.05, 0) is 66.9 Å². The van der Waals surface area contributed by atoms with Gasteiger partial charge in [0.05, 0.1) is 17.3 Å². The Morgan fingerprint density at radius 3 is 2.29 bits per heavy atom. The summed E-state index contributed by atoms with van der Waals surface area (Å²) in [4.78, 5) is 30.6. The molecule has 1 fully saturated rings. The second-order valence-electron chi connectivity index (χ2n) is 9.45. The zero-order chi connectivity index (χ0) is 27.0. The van der Waals surface area contributed by atoms with Crippen molar-refractivity contribution in [3.8, 4) is 5.75 Å². The van der Waals surface area contributed by atoms with Crippen molar-refractivity contribution in [2.75, 3.05) is 22.9 Å². The minimum atomic E-state index is -0.924. The highest BCUT2D eigenvalue weighted by Crippen LogP contribution is 2.45. The lowest BCUT2D eigenvalue weighted by Crippen LogP contribution is -2.29. The Kier molecular flexibility index (Phi) is 6.64. The van der Waals surface area contributed by atoms with E-state index in [1.165, 1.54) is 11.0 Å². The van der Waals surface area contributed by atoms with Crippen molar-refractivity contribution in [3.05, 3.63) is 107 Å². The quantitative estimate of drug-likeness (QED) is 0.182. The minimum absolute atomic E-state index is 0.0113. The van der Waals surface area contributed by atoms with Crippen LogP contribution in [0.15, 0.2) is 90.5 Å². The first-order valence-corrected chi connectivity index (χ1v) is 12.8. The normalized spacial score (nSPS) is 16.8. The highest BCUT2D eigenvalue weighted by atomic mass is 16.3. The Bertz CT molecular complexity index is 1560. The largest absolute Gasteiger partial charge is 0.507 e. The predicted octanol–water partition coefficient (Wildman–Crippen LogP) is 6.33. The van der Waals surface area contributed by atoms with E-state index in [0.717, 1.165) is 35.1 Å². The zero-order valence-corrected chi connectivity index (χ0v) is 21.7. The Morgan fingerprint density at radius 1 is 0.895 bits per heavy atom. The maximum atomic E-state index is 13.6. The number of aliphatic hydroxyl groups is 1. The van der Waals surface area contributed by atoms with E-state index in [-0.39, 0.29) is 22.8 Å². The molecule has 1 amide bonds. The van der Waals surface area contributed by atoms with Crippen molar-refractivity contribution < 1.29 is 19.8 Å². The maximum Gasteiger partial charge on any atom is 0.300 e. The summed E-state index contributed by atoms with van der Waals surface area (Å²) in [7, 11) is 0. The lowest BCUT2D eigenvalue weighted by molar-refractivity contribution is -0.132. The number of fused-ring (bicyclic) bond motifs is 1. The highest BCUT2D eigenvalue weighted by Gasteiger charge is 2.47. The maximum absolute atomic E-state index is 13.6. The predicted molar refractivity (Wildman–Crippen MR) is 152 cm³/mol. The highest BCUT2D eigenvalue weighted by molar-refractivity contribution is 6.52. The number of carbonyl (C=O) groups excluding carboxylic acids is 2. The first-order chi connectivity index (χ1) is 18.3. The van der Waals surface area contributed by atoms with Crippen LogP contribution in [0.2, 0.25) is 0 Å². The number of phenols is 1. The molecule has 2 N–H and O–H groups in total. The molecule has 1 unspecified atom stereocenters. The number of hydrogen-bond donors (Lipinski definition) is 2. The molecule has 6 nitrogen and oxygen atoms in total. The third-order valence-electron chi connectivity index (χ3n) is 7.22. The van der Waals surface area contributed by atoms with Crippen molar-refractivity contribution in [1.29, 1.82) is 0 Å². The molecular formula is C32H30N2O4. The second-order valence-corrected chi connectivity index (χ2v) is 9.45. The van der Waals surface area contributed by atoms with Gasteiger partial charge in [0.15, 0.2) is 0 Å². The smallest absolute Gasteiger partial charge is 0.300 e.